The largest absolute Gasteiger partial charge is 0.441 e. The lowest BCUT2D eigenvalue weighted by molar-refractivity contribution is 0.267. The number of nitrogens with two attached hydrogens (primary N) is 1. The van der Waals surface area contributed by atoms with Crippen LogP contribution in [0, 0.1) is 6.92 Å². The third-order valence-corrected chi connectivity index (χ3v) is 2.66. The highest BCUT2D eigenvalue weighted by atomic mass is 16.3. The second-order valence-corrected chi connectivity index (χ2v) is 4.21. The molecule has 92 valence electrons. The first-order valence-corrected chi connectivity index (χ1v) is 5.55. The average Bonchev–Trinajstić information content (AvgIpc) is 2.67. The zero-order valence-electron chi connectivity index (χ0n) is 10.1. The Bertz CT molecular complexity index is 509. The minimum absolute atomic E-state index is 0.0182. The molecule has 0 amide bonds. The summed E-state index contributed by atoms with van der Waals surface area (Å²) in [4.78, 5) is 6.27. The van der Waals surface area contributed by atoms with Crippen molar-refractivity contribution < 1.29 is 9.52 Å². The molecule has 17 heavy (non-hydrogen) atoms. The molecule has 5 heteroatoms. The first-order chi connectivity index (χ1) is 8.10. The summed E-state index contributed by atoms with van der Waals surface area (Å²) in [6, 6.07) is 5.56. The summed E-state index contributed by atoms with van der Waals surface area (Å²) >= 11 is 0. The van der Waals surface area contributed by atoms with Crippen molar-refractivity contribution in [1.29, 1.82) is 0 Å². The molecule has 1 aromatic carbocycles. The van der Waals surface area contributed by atoms with Crippen molar-refractivity contribution in [3.05, 3.63) is 24.1 Å². The molecule has 0 radical (unpaired) electrons. The third kappa shape index (κ3) is 2.57. The summed E-state index contributed by atoms with van der Waals surface area (Å²) in [7, 11) is 1.93. The minimum atomic E-state index is -0.241. The number of aryl methyl sites for hydroxylation is 1. The van der Waals surface area contributed by atoms with Crippen LogP contribution in [0.2, 0.25) is 0 Å². The fraction of sp³-hybridized carbons (Fsp3) is 0.417. The second kappa shape index (κ2) is 4.73. The van der Waals surface area contributed by atoms with Crippen LogP contribution < -0.4 is 10.6 Å². The highest BCUT2D eigenvalue weighted by molar-refractivity contribution is 5.77. The Morgan fingerprint density at radius 3 is 3.00 bits per heavy atom. The zero-order valence-corrected chi connectivity index (χ0v) is 10.1. The zero-order chi connectivity index (χ0) is 12.4. The average molecular weight is 235 g/mol. The Morgan fingerprint density at radius 1 is 1.53 bits per heavy atom. The topological polar surface area (TPSA) is 75.5 Å². The molecule has 1 aromatic heterocycles. The Kier molecular flexibility index (Phi) is 3.31. The van der Waals surface area contributed by atoms with E-state index in [2.05, 4.69) is 4.98 Å². The molecule has 0 fully saturated rings. The molecule has 2 rings (SSSR count). The Labute approximate surface area is 99.8 Å². The lowest BCUT2D eigenvalue weighted by atomic mass is 10.2. The van der Waals surface area contributed by atoms with E-state index >= 15 is 0 Å². The number of aliphatic hydroxyl groups is 1. The summed E-state index contributed by atoms with van der Waals surface area (Å²) in [6.07, 6.45) is 0. The highest BCUT2D eigenvalue weighted by Crippen LogP contribution is 2.21. The van der Waals surface area contributed by atoms with Crippen molar-refractivity contribution in [2.75, 3.05) is 25.1 Å². The molecule has 1 unspecified atom stereocenters. The van der Waals surface area contributed by atoms with Gasteiger partial charge in [0.25, 0.3) is 0 Å². The molecule has 0 bridgehead atoms. The minimum Gasteiger partial charge on any atom is -0.441 e. The van der Waals surface area contributed by atoms with Gasteiger partial charge in [0.1, 0.15) is 5.52 Å². The van der Waals surface area contributed by atoms with Crippen LogP contribution in [0.1, 0.15) is 5.89 Å². The number of benzene rings is 1. The van der Waals surface area contributed by atoms with E-state index in [1.807, 2.05) is 37.1 Å². The fourth-order valence-corrected chi connectivity index (χ4v) is 1.78. The predicted octanol–water partition coefficient (Wildman–Crippen LogP) is 0.892. The van der Waals surface area contributed by atoms with Gasteiger partial charge in [0.15, 0.2) is 11.5 Å². The number of rotatable bonds is 4. The Balaban J connectivity index is 2.23. The van der Waals surface area contributed by atoms with Gasteiger partial charge in [-0.2, -0.15) is 0 Å². The lowest BCUT2D eigenvalue weighted by Gasteiger charge is -2.22. The Morgan fingerprint density at radius 2 is 2.29 bits per heavy atom. The van der Waals surface area contributed by atoms with Crippen molar-refractivity contribution in [2.24, 2.45) is 5.73 Å². The number of aliphatic hydroxyl groups excluding tert-OH is 1. The van der Waals surface area contributed by atoms with E-state index in [1.54, 1.807) is 0 Å². The van der Waals surface area contributed by atoms with Gasteiger partial charge >= 0.3 is 0 Å². The monoisotopic (exact) mass is 235 g/mol. The maximum atomic E-state index is 8.93. The van der Waals surface area contributed by atoms with Crippen LogP contribution in [0.3, 0.4) is 0 Å². The lowest BCUT2D eigenvalue weighted by Crippen LogP contribution is -2.37. The van der Waals surface area contributed by atoms with Crippen LogP contribution in [0.25, 0.3) is 11.1 Å². The van der Waals surface area contributed by atoms with Crippen LogP contribution in [0.5, 0.6) is 0 Å². The number of nitrogens with zero attached hydrogens (tertiary/aromatic N) is 2. The Hall–Kier alpha value is -1.59. The molecule has 0 aliphatic carbocycles. The van der Waals surface area contributed by atoms with E-state index in [-0.39, 0.29) is 12.6 Å². The van der Waals surface area contributed by atoms with Gasteiger partial charge in [0, 0.05) is 32.2 Å². The summed E-state index contributed by atoms with van der Waals surface area (Å²) in [5.41, 5.74) is 8.33. The summed E-state index contributed by atoms with van der Waals surface area (Å²) in [5.74, 6) is 0.659. The molecular formula is C12H17N3O2. The van der Waals surface area contributed by atoms with Gasteiger partial charge in [-0.3, -0.25) is 0 Å². The SMILES string of the molecule is Cc1nc2cc(N(C)CC(N)CO)ccc2o1. The van der Waals surface area contributed by atoms with Gasteiger partial charge in [0.2, 0.25) is 0 Å². The van der Waals surface area contributed by atoms with E-state index in [0.717, 1.165) is 16.8 Å². The number of hydrogen-bond acceptors (Lipinski definition) is 5. The smallest absolute Gasteiger partial charge is 0.192 e. The van der Waals surface area contributed by atoms with Gasteiger partial charge in [-0.15, -0.1) is 0 Å². The molecular weight excluding hydrogens is 218 g/mol. The molecule has 0 aliphatic rings. The number of anilines is 1. The maximum Gasteiger partial charge on any atom is 0.192 e. The number of oxazole rings is 1. The molecule has 5 nitrogen and oxygen atoms in total. The van der Waals surface area contributed by atoms with Crippen LogP contribution in [0.4, 0.5) is 5.69 Å². The molecule has 0 spiro atoms. The first kappa shape index (κ1) is 11.9. The van der Waals surface area contributed by atoms with Gasteiger partial charge in [-0.25, -0.2) is 4.98 Å². The molecule has 1 atom stereocenters. The van der Waals surface area contributed by atoms with Gasteiger partial charge in [0.05, 0.1) is 6.61 Å². The first-order valence-electron chi connectivity index (χ1n) is 5.55. The quantitative estimate of drug-likeness (QED) is 0.823. The number of aromatic nitrogens is 1. The number of fused-ring (bicyclic) bond motifs is 1. The number of likely N-dealkylation sites (N-methyl/N-ethyl adjacent to an activating group) is 1. The van der Waals surface area contributed by atoms with Crippen molar-refractivity contribution in [3.63, 3.8) is 0 Å². The van der Waals surface area contributed by atoms with Crippen LogP contribution >= 0.6 is 0 Å². The maximum absolute atomic E-state index is 8.93. The van der Waals surface area contributed by atoms with Gasteiger partial charge in [-0.05, 0) is 18.2 Å². The summed E-state index contributed by atoms with van der Waals surface area (Å²) < 4.78 is 5.41. The van der Waals surface area contributed by atoms with Gasteiger partial charge in [-0.1, -0.05) is 0 Å². The van der Waals surface area contributed by atoms with Crippen molar-refractivity contribution in [2.45, 2.75) is 13.0 Å². The summed E-state index contributed by atoms with van der Waals surface area (Å²) in [5, 5.41) is 8.93. The molecule has 2 aromatic rings. The predicted molar refractivity (Wildman–Crippen MR) is 67.1 cm³/mol. The summed E-state index contributed by atoms with van der Waals surface area (Å²) in [6.45, 7) is 2.40. The van der Waals surface area contributed by atoms with Gasteiger partial charge < -0.3 is 20.2 Å². The van der Waals surface area contributed by atoms with E-state index in [9.17, 15) is 0 Å². The number of hydrogen-bond donors (Lipinski definition) is 2. The normalized spacial score (nSPS) is 12.9. The van der Waals surface area contributed by atoms with E-state index in [1.165, 1.54) is 0 Å². The van der Waals surface area contributed by atoms with Crippen LogP contribution in [-0.2, 0) is 0 Å². The van der Waals surface area contributed by atoms with E-state index in [4.69, 9.17) is 15.3 Å². The van der Waals surface area contributed by atoms with Crippen molar-refractivity contribution in [3.8, 4) is 0 Å². The molecule has 0 aliphatic heterocycles. The van der Waals surface area contributed by atoms with Crippen LogP contribution in [-0.4, -0.2) is 36.3 Å². The molecule has 0 saturated carbocycles. The van der Waals surface area contributed by atoms with Crippen LogP contribution in [0.15, 0.2) is 22.6 Å². The van der Waals surface area contributed by atoms with E-state index < -0.39 is 0 Å². The molecule has 1 heterocycles. The third-order valence-electron chi connectivity index (χ3n) is 2.66. The standard InChI is InChI=1S/C12H17N3O2/c1-8-14-11-5-10(3-4-12(11)17-8)15(2)6-9(13)7-16/h3-5,9,16H,6-7,13H2,1-2H3. The molecule has 3 N–H and O–H groups in total. The highest BCUT2D eigenvalue weighted by Gasteiger charge is 2.09. The van der Waals surface area contributed by atoms with Crippen molar-refractivity contribution in [1.82, 2.24) is 4.98 Å². The fourth-order valence-electron chi connectivity index (χ4n) is 1.78. The second-order valence-electron chi connectivity index (χ2n) is 4.21. The molecule has 0 saturated heterocycles. The van der Waals surface area contributed by atoms with Crippen molar-refractivity contribution >= 4 is 16.8 Å². The van der Waals surface area contributed by atoms with E-state index in [0.29, 0.717) is 12.4 Å².